The van der Waals surface area contributed by atoms with Crippen LogP contribution in [0.25, 0.3) is 10.9 Å². The molecule has 0 unspecified atom stereocenters. The second-order valence-electron chi connectivity index (χ2n) is 5.29. The number of hydrogen-bond acceptors (Lipinski definition) is 2. The van der Waals surface area contributed by atoms with Gasteiger partial charge in [-0.15, -0.1) is 0 Å². The molecular formula is C19H20N2. The number of unbranched alkanes of at least 4 members (excludes halogenated alkanes) is 1. The van der Waals surface area contributed by atoms with Crippen LogP contribution in [0, 0.1) is 0 Å². The van der Waals surface area contributed by atoms with Crippen LogP contribution in [0.1, 0.15) is 18.4 Å². The maximum atomic E-state index is 4.47. The zero-order chi connectivity index (χ0) is 14.3. The van der Waals surface area contributed by atoms with Crippen molar-refractivity contribution in [2.24, 2.45) is 0 Å². The molecule has 21 heavy (non-hydrogen) atoms. The minimum Gasteiger partial charge on any atom is -0.384 e. The van der Waals surface area contributed by atoms with E-state index in [1.165, 1.54) is 23.8 Å². The van der Waals surface area contributed by atoms with Gasteiger partial charge in [-0.05, 0) is 37.0 Å². The number of anilines is 1. The number of rotatable bonds is 6. The standard InChI is InChI=1S/C19H20N2/c1-2-8-16(9-3-1)10-6-7-13-20-18-14-17-11-4-5-12-19(17)21-15-18/h1-5,8-9,11-12,14-15,20H,6-7,10,13H2. The van der Waals surface area contributed by atoms with Crippen LogP contribution in [0.3, 0.4) is 0 Å². The highest BCUT2D eigenvalue weighted by Crippen LogP contribution is 2.16. The Balaban J connectivity index is 1.46. The molecule has 2 aromatic carbocycles. The zero-order valence-electron chi connectivity index (χ0n) is 12.1. The molecule has 1 aromatic heterocycles. The Kier molecular flexibility index (Phi) is 4.47. The summed E-state index contributed by atoms with van der Waals surface area (Å²) in [6.45, 7) is 0.993. The fourth-order valence-corrected chi connectivity index (χ4v) is 2.50. The molecule has 0 radical (unpaired) electrons. The molecule has 3 aromatic rings. The van der Waals surface area contributed by atoms with Crippen molar-refractivity contribution in [3.63, 3.8) is 0 Å². The highest BCUT2D eigenvalue weighted by molar-refractivity contribution is 5.81. The van der Waals surface area contributed by atoms with E-state index in [1.54, 1.807) is 0 Å². The van der Waals surface area contributed by atoms with Gasteiger partial charge in [0.2, 0.25) is 0 Å². The summed E-state index contributed by atoms with van der Waals surface area (Å²) < 4.78 is 0. The van der Waals surface area contributed by atoms with Crippen molar-refractivity contribution in [2.45, 2.75) is 19.3 Å². The molecule has 2 nitrogen and oxygen atoms in total. The number of pyridine rings is 1. The van der Waals surface area contributed by atoms with Crippen molar-refractivity contribution in [1.82, 2.24) is 4.98 Å². The average molecular weight is 276 g/mol. The van der Waals surface area contributed by atoms with E-state index in [2.05, 4.69) is 52.8 Å². The van der Waals surface area contributed by atoms with E-state index in [-0.39, 0.29) is 0 Å². The average Bonchev–Trinajstić information content (AvgIpc) is 2.55. The molecule has 0 amide bonds. The maximum Gasteiger partial charge on any atom is 0.0703 e. The first-order valence-corrected chi connectivity index (χ1v) is 7.54. The minimum atomic E-state index is 0.993. The molecule has 3 rings (SSSR count). The van der Waals surface area contributed by atoms with Crippen LogP contribution in [0.5, 0.6) is 0 Å². The van der Waals surface area contributed by atoms with Crippen LogP contribution in [-0.2, 0) is 6.42 Å². The molecule has 0 bridgehead atoms. The number of benzene rings is 2. The highest BCUT2D eigenvalue weighted by Gasteiger charge is 1.97. The Bertz CT molecular complexity index is 692. The predicted molar refractivity (Wildman–Crippen MR) is 89.6 cm³/mol. The third kappa shape index (κ3) is 3.82. The van der Waals surface area contributed by atoms with Gasteiger partial charge in [-0.3, -0.25) is 4.98 Å². The van der Waals surface area contributed by atoms with E-state index in [0.717, 1.165) is 24.2 Å². The van der Waals surface area contributed by atoms with E-state index in [1.807, 2.05) is 24.4 Å². The SMILES string of the molecule is c1ccc(CCCCNc2cnc3ccccc3c2)cc1. The smallest absolute Gasteiger partial charge is 0.0703 e. The van der Waals surface area contributed by atoms with Crippen molar-refractivity contribution >= 4 is 16.6 Å². The molecule has 0 saturated heterocycles. The van der Waals surface area contributed by atoms with Crippen molar-refractivity contribution in [3.8, 4) is 0 Å². The first-order chi connectivity index (χ1) is 10.4. The molecule has 1 N–H and O–H groups in total. The molecule has 0 aliphatic carbocycles. The van der Waals surface area contributed by atoms with E-state index < -0.39 is 0 Å². The first kappa shape index (κ1) is 13.6. The van der Waals surface area contributed by atoms with E-state index in [4.69, 9.17) is 0 Å². The van der Waals surface area contributed by atoms with Crippen LogP contribution in [0.15, 0.2) is 66.9 Å². The van der Waals surface area contributed by atoms with Gasteiger partial charge in [-0.2, -0.15) is 0 Å². The predicted octanol–water partition coefficient (Wildman–Crippen LogP) is 4.67. The van der Waals surface area contributed by atoms with Gasteiger partial charge in [-0.1, -0.05) is 48.5 Å². The van der Waals surface area contributed by atoms with Gasteiger partial charge >= 0.3 is 0 Å². The number of hydrogen-bond donors (Lipinski definition) is 1. The zero-order valence-corrected chi connectivity index (χ0v) is 12.1. The highest BCUT2D eigenvalue weighted by atomic mass is 14.9. The summed E-state index contributed by atoms with van der Waals surface area (Å²) in [5, 5.41) is 4.65. The summed E-state index contributed by atoms with van der Waals surface area (Å²) in [6, 6.07) is 21.0. The third-order valence-electron chi connectivity index (χ3n) is 3.65. The van der Waals surface area contributed by atoms with Gasteiger partial charge in [0.05, 0.1) is 17.4 Å². The van der Waals surface area contributed by atoms with Gasteiger partial charge in [-0.25, -0.2) is 0 Å². The Morgan fingerprint density at radius 3 is 2.57 bits per heavy atom. The second-order valence-corrected chi connectivity index (χ2v) is 5.29. The van der Waals surface area contributed by atoms with Crippen LogP contribution < -0.4 is 5.32 Å². The number of nitrogens with zero attached hydrogens (tertiary/aromatic N) is 1. The number of aromatic nitrogens is 1. The number of nitrogens with one attached hydrogen (secondary N) is 1. The van der Waals surface area contributed by atoms with Gasteiger partial charge in [0, 0.05) is 11.9 Å². The van der Waals surface area contributed by atoms with E-state index in [9.17, 15) is 0 Å². The summed E-state index contributed by atoms with van der Waals surface area (Å²) in [6.07, 6.45) is 5.44. The Morgan fingerprint density at radius 1 is 0.857 bits per heavy atom. The maximum absolute atomic E-state index is 4.47. The number of fused-ring (bicyclic) bond motifs is 1. The van der Waals surface area contributed by atoms with Crippen LogP contribution in [0.2, 0.25) is 0 Å². The quantitative estimate of drug-likeness (QED) is 0.662. The molecule has 106 valence electrons. The molecule has 0 spiro atoms. The Labute approximate surface area is 125 Å². The van der Waals surface area contributed by atoms with Gasteiger partial charge < -0.3 is 5.32 Å². The lowest BCUT2D eigenvalue weighted by molar-refractivity contribution is 0.763. The Morgan fingerprint density at radius 2 is 1.67 bits per heavy atom. The lowest BCUT2D eigenvalue weighted by Gasteiger charge is -2.07. The summed E-state index contributed by atoms with van der Waals surface area (Å²) in [5.41, 5.74) is 3.57. The minimum absolute atomic E-state index is 0.993. The first-order valence-electron chi connectivity index (χ1n) is 7.54. The summed E-state index contributed by atoms with van der Waals surface area (Å²) in [5.74, 6) is 0. The van der Waals surface area contributed by atoms with Crippen LogP contribution in [0.4, 0.5) is 5.69 Å². The summed E-state index contributed by atoms with van der Waals surface area (Å²) in [7, 11) is 0. The fraction of sp³-hybridized carbons (Fsp3) is 0.211. The van der Waals surface area contributed by atoms with Crippen molar-refractivity contribution in [3.05, 3.63) is 72.4 Å². The summed E-state index contributed by atoms with van der Waals surface area (Å²) in [4.78, 5) is 4.47. The molecule has 0 aliphatic rings. The molecule has 1 heterocycles. The third-order valence-corrected chi connectivity index (χ3v) is 3.65. The van der Waals surface area contributed by atoms with Crippen molar-refractivity contribution < 1.29 is 0 Å². The molecule has 0 aliphatic heterocycles. The lowest BCUT2D eigenvalue weighted by atomic mass is 10.1. The van der Waals surface area contributed by atoms with E-state index in [0.29, 0.717) is 0 Å². The topological polar surface area (TPSA) is 24.9 Å². The molecule has 2 heteroatoms. The Hall–Kier alpha value is -2.35. The summed E-state index contributed by atoms with van der Waals surface area (Å²) >= 11 is 0. The molecule has 0 fully saturated rings. The van der Waals surface area contributed by atoms with Crippen LogP contribution in [-0.4, -0.2) is 11.5 Å². The van der Waals surface area contributed by atoms with Crippen molar-refractivity contribution in [2.75, 3.05) is 11.9 Å². The van der Waals surface area contributed by atoms with Gasteiger partial charge in [0.1, 0.15) is 0 Å². The second kappa shape index (κ2) is 6.89. The van der Waals surface area contributed by atoms with E-state index >= 15 is 0 Å². The molecule has 0 atom stereocenters. The number of para-hydroxylation sites is 1. The lowest BCUT2D eigenvalue weighted by Crippen LogP contribution is -2.02. The fourth-order valence-electron chi connectivity index (χ4n) is 2.50. The molecule has 0 saturated carbocycles. The van der Waals surface area contributed by atoms with Gasteiger partial charge in [0.15, 0.2) is 0 Å². The van der Waals surface area contributed by atoms with Crippen LogP contribution >= 0.6 is 0 Å². The molecular weight excluding hydrogens is 256 g/mol. The largest absolute Gasteiger partial charge is 0.384 e. The normalized spacial score (nSPS) is 10.7. The number of aryl methyl sites for hydroxylation is 1. The monoisotopic (exact) mass is 276 g/mol. The van der Waals surface area contributed by atoms with Gasteiger partial charge in [0.25, 0.3) is 0 Å². The van der Waals surface area contributed by atoms with Crippen molar-refractivity contribution in [1.29, 1.82) is 0 Å².